The number of rotatable bonds is 2. The molecule has 1 heterocycles. The highest BCUT2D eigenvalue weighted by atomic mass is 19.2. The van der Waals surface area contributed by atoms with Crippen LogP contribution in [0.5, 0.6) is 0 Å². The van der Waals surface area contributed by atoms with Gasteiger partial charge in [-0.3, -0.25) is 0 Å². The average Bonchev–Trinajstić information content (AvgIpc) is 2.25. The van der Waals surface area contributed by atoms with E-state index >= 15 is 0 Å². The highest BCUT2D eigenvalue weighted by molar-refractivity contribution is 5.69. The minimum absolute atomic E-state index is 0.0207. The predicted octanol–water partition coefficient (Wildman–Crippen LogP) is 3.00. The van der Waals surface area contributed by atoms with E-state index in [4.69, 9.17) is 4.74 Å². The lowest BCUT2D eigenvalue weighted by Gasteiger charge is -2.40. The molecule has 6 heteroatoms. The van der Waals surface area contributed by atoms with Crippen molar-refractivity contribution in [1.82, 2.24) is 4.90 Å². The largest absolute Gasteiger partial charge is 0.444 e. The van der Waals surface area contributed by atoms with Gasteiger partial charge >= 0.3 is 6.09 Å². The SMILES string of the molecule is CC(C)(C)OC(=O)N1CC(Nc2ccc(F)c(F)c2)C1. The average molecular weight is 284 g/mol. The van der Waals surface area contributed by atoms with Gasteiger partial charge in [-0.25, -0.2) is 13.6 Å². The standard InChI is InChI=1S/C14H18F2N2O2/c1-14(2,3)20-13(19)18-7-10(8-18)17-9-4-5-11(15)12(16)6-9/h4-6,10,17H,7-8H2,1-3H3. The third-order valence-corrected chi connectivity index (χ3v) is 2.82. The van der Waals surface area contributed by atoms with Crippen LogP contribution in [-0.2, 0) is 4.74 Å². The number of anilines is 1. The van der Waals surface area contributed by atoms with Crippen LogP contribution in [0.3, 0.4) is 0 Å². The molecule has 20 heavy (non-hydrogen) atoms. The molecule has 4 nitrogen and oxygen atoms in total. The number of nitrogens with one attached hydrogen (secondary N) is 1. The maximum atomic E-state index is 13.0. The van der Waals surface area contributed by atoms with Crippen LogP contribution in [0, 0.1) is 11.6 Å². The predicted molar refractivity (Wildman–Crippen MR) is 71.6 cm³/mol. The maximum absolute atomic E-state index is 13.0. The highest BCUT2D eigenvalue weighted by Gasteiger charge is 2.33. The minimum atomic E-state index is -0.890. The van der Waals surface area contributed by atoms with E-state index in [1.165, 1.54) is 6.07 Å². The van der Waals surface area contributed by atoms with Crippen LogP contribution in [0.25, 0.3) is 0 Å². The Balaban J connectivity index is 1.82. The van der Waals surface area contributed by atoms with Gasteiger partial charge in [0.25, 0.3) is 0 Å². The van der Waals surface area contributed by atoms with Crippen molar-refractivity contribution in [2.24, 2.45) is 0 Å². The Morgan fingerprint density at radius 1 is 1.30 bits per heavy atom. The van der Waals surface area contributed by atoms with Crippen LogP contribution < -0.4 is 5.32 Å². The van der Waals surface area contributed by atoms with Gasteiger partial charge in [-0.1, -0.05) is 0 Å². The van der Waals surface area contributed by atoms with Crippen molar-refractivity contribution in [2.75, 3.05) is 18.4 Å². The van der Waals surface area contributed by atoms with Crippen molar-refractivity contribution >= 4 is 11.8 Å². The van der Waals surface area contributed by atoms with Crippen LogP contribution in [0.4, 0.5) is 19.3 Å². The van der Waals surface area contributed by atoms with E-state index in [-0.39, 0.29) is 12.1 Å². The molecular formula is C14H18F2N2O2. The number of ether oxygens (including phenoxy) is 1. The van der Waals surface area contributed by atoms with E-state index in [1.54, 1.807) is 4.90 Å². The van der Waals surface area contributed by atoms with Crippen molar-refractivity contribution < 1.29 is 18.3 Å². The first-order valence-corrected chi connectivity index (χ1v) is 6.44. The second-order valence-electron chi connectivity index (χ2n) is 5.86. The minimum Gasteiger partial charge on any atom is -0.444 e. The molecule has 1 aromatic rings. The molecule has 0 aromatic heterocycles. The van der Waals surface area contributed by atoms with Crippen molar-refractivity contribution in [3.63, 3.8) is 0 Å². The van der Waals surface area contributed by atoms with Crippen LogP contribution in [0.15, 0.2) is 18.2 Å². The number of likely N-dealkylation sites (tertiary alicyclic amines) is 1. The lowest BCUT2D eigenvalue weighted by atomic mass is 10.1. The quantitative estimate of drug-likeness (QED) is 0.907. The molecule has 0 spiro atoms. The van der Waals surface area contributed by atoms with Gasteiger partial charge < -0.3 is 15.0 Å². The van der Waals surface area contributed by atoms with Crippen molar-refractivity contribution in [1.29, 1.82) is 0 Å². The normalized spacial score (nSPS) is 15.8. The fourth-order valence-electron chi connectivity index (χ4n) is 1.87. The van der Waals surface area contributed by atoms with Gasteiger partial charge in [0.05, 0.1) is 6.04 Å². The van der Waals surface area contributed by atoms with Crippen LogP contribution in [-0.4, -0.2) is 35.7 Å². The van der Waals surface area contributed by atoms with E-state index < -0.39 is 17.2 Å². The number of hydrogen-bond acceptors (Lipinski definition) is 3. The summed E-state index contributed by atoms with van der Waals surface area (Å²) in [5.74, 6) is -1.77. The van der Waals surface area contributed by atoms with Crippen LogP contribution >= 0.6 is 0 Å². The first kappa shape index (κ1) is 14.6. The Morgan fingerprint density at radius 2 is 1.95 bits per heavy atom. The number of nitrogens with zero attached hydrogens (tertiary/aromatic N) is 1. The second-order valence-corrected chi connectivity index (χ2v) is 5.86. The summed E-state index contributed by atoms with van der Waals surface area (Å²) in [7, 11) is 0. The molecule has 1 aliphatic rings. The van der Waals surface area contributed by atoms with Gasteiger partial charge in [0.1, 0.15) is 5.60 Å². The summed E-state index contributed by atoms with van der Waals surface area (Å²) in [4.78, 5) is 13.3. The maximum Gasteiger partial charge on any atom is 0.410 e. The molecular weight excluding hydrogens is 266 g/mol. The molecule has 1 N–H and O–H groups in total. The number of carbonyl (C=O) groups is 1. The Bertz CT molecular complexity index is 508. The van der Waals surface area contributed by atoms with Crippen molar-refractivity contribution in [3.8, 4) is 0 Å². The zero-order valence-corrected chi connectivity index (χ0v) is 11.7. The van der Waals surface area contributed by atoms with Crippen molar-refractivity contribution in [2.45, 2.75) is 32.4 Å². The molecule has 2 rings (SSSR count). The second kappa shape index (κ2) is 5.26. The first-order chi connectivity index (χ1) is 9.24. The summed E-state index contributed by atoms with van der Waals surface area (Å²) >= 11 is 0. The summed E-state index contributed by atoms with van der Waals surface area (Å²) in [6, 6.07) is 3.66. The zero-order chi connectivity index (χ0) is 14.9. The summed E-state index contributed by atoms with van der Waals surface area (Å²) in [5.41, 5.74) is -0.0203. The van der Waals surface area contributed by atoms with E-state index in [0.717, 1.165) is 12.1 Å². The van der Waals surface area contributed by atoms with E-state index in [2.05, 4.69) is 5.32 Å². The third-order valence-electron chi connectivity index (χ3n) is 2.82. The summed E-state index contributed by atoms with van der Waals surface area (Å²) in [6.07, 6.45) is -0.360. The fourth-order valence-corrected chi connectivity index (χ4v) is 1.87. The molecule has 110 valence electrons. The van der Waals surface area contributed by atoms with Gasteiger partial charge in [-0.05, 0) is 32.9 Å². The van der Waals surface area contributed by atoms with Gasteiger partial charge in [-0.2, -0.15) is 0 Å². The highest BCUT2D eigenvalue weighted by Crippen LogP contribution is 2.20. The van der Waals surface area contributed by atoms with E-state index in [9.17, 15) is 13.6 Å². The molecule has 1 aliphatic heterocycles. The molecule has 0 saturated carbocycles. The monoisotopic (exact) mass is 284 g/mol. The van der Waals surface area contributed by atoms with E-state index in [1.807, 2.05) is 20.8 Å². The summed E-state index contributed by atoms with van der Waals surface area (Å²) < 4.78 is 31.1. The van der Waals surface area contributed by atoms with Gasteiger partial charge in [-0.15, -0.1) is 0 Å². The Kier molecular flexibility index (Phi) is 3.83. The summed E-state index contributed by atoms with van der Waals surface area (Å²) in [6.45, 7) is 6.38. The molecule has 1 amide bonds. The van der Waals surface area contributed by atoms with Crippen molar-refractivity contribution in [3.05, 3.63) is 29.8 Å². The number of hydrogen-bond donors (Lipinski definition) is 1. The third kappa shape index (κ3) is 3.59. The van der Waals surface area contributed by atoms with Crippen LogP contribution in [0.2, 0.25) is 0 Å². The number of halogens is 2. The topological polar surface area (TPSA) is 41.6 Å². The lowest BCUT2D eigenvalue weighted by molar-refractivity contribution is 0.0105. The molecule has 0 bridgehead atoms. The number of benzene rings is 1. The first-order valence-electron chi connectivity index (χ1n) is 6.44. The molecule has 0 aliphatic carbocycles. The van der Waals surface area contributed by atoms with E-state index in [0.29, 0.717) is 18.8 Å². The Labute approximate surface area is 116 Å². The fraction of sp³-hybridized carbons (Fsp3) is 0.500. The van der Waals surface area contributed by atoms with Gasteiger partial charge in [0.2, 0.25) is 0 Å². The zero-order valence-electron chi connectivity index (χ0n) is 11.7. The Morgan fingerprint density at radius 3 is 2.50 bits per heavy atom. The number of amides is 1. The smallest absolute Gasteiger partial charge is 0.410 e. The molecule has 0 atom stereocenters. The molecule has 0 unspecified atom stereocenters. The molecule has 0 radical (unpaired) electrons. The van der Waals surface area contributed by atoms with Gasteiger partial charge in [0, 0.05) is 24.8 Å². The molecule has 1 fully saturated rings. The summed E-state index contributed by atoms with van der Waals surface area (Å²) in [5, 5.41) is 3.04. The molecule has 1 aromatic carbocycles. The Hall–Kier alpha value is -1.85. The molecule has 1 saturated heterocycles. The lowest BCUT2D eigenvalue weighted by Crippen LogP contribution is -2.57. The van der Waals surface area contributed by atoms with Crippen LogP contribution in [0.1, 0.15) is 20.8 Å². The van der Waals surface area contributed by atoms with Gasteiger partial charge in [0.15, 0.2) is 11.6 Å². The number of carbonyl (C=O) groups excluding carboxylic acids is 1.